The normalized spacial score (nSPS) is 12.8. The van der Waals surface area contributed by atoms with Gasteiger partial charge in [-0.25, -0.2) is 9.97 Å². The number of nitrogens with zero attached hydrogens (tertiary/aromatic N) is 2. The molecule has 2 aromatic heterocycles. The van der Waals surface area contributed by atoms with E-state index in [2.05, 4.69) is 190 Å². The van der Waals surface area contributed by atoms with E-state index in [0.29, 0.717) is 5.82 Å². The molecule has 1 aliphatic carbocycles. The van der Waals surface area contributed by atoms with Crippen molar-refractivity contribution in [1.29, 1.82) is 0 Å². The van der Waals surface area contributed by atoms with E-state index in [4.69, 9.17) is 14.4 Å². The number of fused-ring (bicyclic) bond motifs is 6. The average molecular weight is 743 g/mol. The maximum atomic E-state index is 6.40. The molecule has 0 aliphatic heterocycles. The molecule has 0 spiro atoms. The van der Waals surface area contributed by atoms with Crippen LogP contribution in [0.4, 0.5) is 0 Å². The van der Waals surface area contributed by atoms with Gasteiger partial charge in [-0.2, -0.15) is 0 Å². The zero-order valence-corrected chi connectivity index (χ0v) is 32.3. The molecule has 0 atom stereocenters. The molecule has 58 heavy (non-hydrogen) atoms. The molecular weight excluding hydrogens is 705 g/mol. The van der Waals surface area contributed by atoms with E-state index >= 15 is 0 Å². The number of aromatic nitrogens is 2. The summed E-state index contributed by atoms with van der Waals surface area (Å²) in [5.41, 5.74) is 18.3. The van der Waals surface area contributed by atoms with Crippen molar-refractivity contribution >= 4 is 21.9 Å². The molecule has 0 radical (unpaired) electrons. The highest BCUT2D eigenvalue weighted by molar-refractivity contribution is 6.09. The first-order valence-corrected chi connectivity index (χ1v) is 19.9. The van der Waals surface area contributed by atoms with E-state index in [0.717, 1.165) is 66.7 Å². The minimum atomic E-state index is -0.531. The fourth-order valence-corrected chi connectivity index (χ4v) is 9.51. The summed E-state index contributed by atoms with van der Waals surface area (Å²) in [6, 6.07) is 69.2. The smallest absolute Gasteiger partial charge is 0.160 e. The summed E-state index contributed by atoms with van der Waals surface area (Å²) >= 11 is 0. The summed E-state index contributed by atoms with van der Waals surface area (Å²) in [7, 11) is 0. The van der Waals surface area contributed by atoms with Crippen molar-refractivity contribution in [2.45, 2.75) is 19.3 Å². The first-order valence-electron chi connectivity index (χ1n) is 19.9. The maximum Gasteiger partial charge on any atom is 0.160 e. The van der Waals surface area contributed by atoms with E-state index in [1.54, 1.807) is 0 Å². The molecule has 3 nitrogen and oxygen atoms in total. The van der Waals surface area contributed by atoms with Crippen molar-refractivity contribution in [1.82, 2.24) is 9.97 Å². The summed E-state index contributed by atoms with van der Waals surface area (Å²) in [6.45, 7) is 4.49. The third-order valence-corrected chi connectivity index (χ3v) is 12.2. The summed E-state index contributed by atoms with van der Waals surface area (Å²) in [5, 5.41) is 2.25. The fraction of sp³-hybridized carbons (Fsp3) is 0.0545. The Bertz CT molecular complexity index is 3150. The largest absolute Gasteiger partial charge is 0.455 e. The van der Waals surface area contributed by atoms with Crippen molar-refractivity contribution in [2.24, 2.45) is 0 Å². The molecule has 8 aromatic carbocycles. The number of aryl methyl sites for hydroxylation is 1. The summed E-state index contributed by atoms with van der Waals surface area (Å²) < 4.78 is 6.40. The number of hydrogen-bond donors (Lipinski definition) is 0. The minimum absolute atomic E-state index is 0.531. The topological polar surface area (TPSA) is 38.9 Å². The molecule has 0 fully saturated rings. The Hall–Kier alpha value is -7.36. The van der Waals surface area contributed by atoms with Gasteiger partial charge in [-0.1, -0.05) is 182 Å². The van der Waals surface area contributed by atoms with Gasteiger partial charge in [-0.15, -0.1) is 0 Å². The number of hydrogen-bond acceptors (Lipinski definition) is 3. The quantitative estimate of drug-likeness (QED) is 0.170. The predicted octanol–water partition coefficient (Wildman–Crippen LogP) is 14.0. The molecule has 0 saturated carbocycles. The van der Waals surface area contributed by atoms with Crippen molar-refractivity contribution in [3.63, 3.8) is 0 Å². The van der Waals surface area contributed by atoms with E-state index in [1.165, 1.54) is 38.9 Å². The van der Waals surface area contributed by atoms with Gasteiger partial charge < -0.3 is 4.42 Å². The molecule has 10 aromatic rings. The molecule has 1 aliphatic rings. The van der Waals surface area contributed by atoms with Crippen LogP contribution in [0.2, 0.25) is 0 Å². The first kappa shape index (κ1) is 33.9. The zero-order valence-electron chi connectivity index (χ0n) is 32.3. The number of para-hydroxylation sites is 2. The Morgan fingerprint density at radius 3 is 1.64 bits per heavy atom. The van der Waals surface area contributed by atoms with E-state index in [1.807, 2.05) is 18.2 Å². The van der Waals surface area contributed by atoms with Gasteiger partial charge in [0, 0.05) is 33.0 Å². The van der Waals surface area contributed by atoms with Crippen LogP contribution in [0, 0.1) is 13.8 Å². The Labute approximate surface area is 338 Å². The molecule has 2 heterocycles. The molecule has 0 bridgehead atoms. The summed E-state index contributed by atoms with van der Waals surface area (Å²) in [5.74, 6) is 0.700. The molecule has 0 saturated heterocycles. The van der Waals surface area contributed by atoms with E-state index < -0.39 is 5.41 Å². The van der Waals surface area contributed by atoms with Gasteiger partial charge in [0.15, 0.2) is 5.82 Å². The van der Waals surface area contributed by atoms with Gasteiger partial charge in [0.05, 0.1) is 16.8 Å². The minimum Gasteiger partial charge on any atom is -0.455 e. The van der Waals surface area contributed by atoms with Crippen molar-refractivity contribution in [2.75, 3.05) is 0 Å². The highest BCUT2D eigenvalue weighted by Crippen LogP contribution is 2.57. The van der Waals surface area contributed by atoms with Crippen molar-refractivity contribution in [3.05, 3.63) is 228 Å². The van der Waals surface area contributed by atoms with Gasteiger partial charge in [0.25, 0.3) is 0 Å². The van der Waals surface area contributed by atoms with Crippen LogP contribution >= 0.6 is 0 Å². The standard InChI is InChI=1S/C55H38N2O/c1-35-16-6-10-25-46(35)55(48-26-11-7-19-42(48)43-20-8-12-27-49(43)55)47-28-15-22-40(36(47)2)54-56-50(38-17-4-3-5-18-38)34-51(57-54)39-32-30-37(31-33-39)41-23-14-24-45-44-21-9-13-29-52(44)58-53(41)45/h3-34H,1-2H3. The molecule has 0 unspecified atom stereocenters. The molecule has 0 amide bonds. The van der Waals surface area contributed by atoms with E-state index in [9.17, 15) is 0 Å². The number of rotatable bonds is 6. The fourth-order valence-electron chi connectivity index (χ4n) is 9.51. The average Bonchev–Trinajstić information content (AvgIpc) is 3.81. The van der Waals surface area contributed by atoms with Crippen molar-refractivity contribution in [3.8, 4) is 56.2 Å². The van der Waals surface area contributed by atoms with Crippen molar-refractivity contribution < 1.29 is 4.42 Å². The lowest BCUT2D eigenvalue weighted by molar-refractivity contribution is 0.670. The molecular formula is C55H38N2O. The van der Waals surface area contributed by atoms with Crippen LogP contribution in [0.3, 0.4) is 0 Å². The number of furan rings is 1. The molecule has 274 valence electrons. The van der Waals surface area contributed by atoms with Gasteiger partial charge in [-0.05, 0) is 76.1 Å². The molecule has 0 N–H and O–H groups in total. The highest BCUT2D eigenvalue weighted by Gasteiger charge is 2.47. The second kappa shape index (κ2) is 13.4. The van der Waals surface area contributed by atoms with Gasteiger partial charge >= 0.3 is 0 Å². The van der Waals surface area contributed by atoms with E-state index in [-0.39, 0.29) is 0 Å². The second-order valence-electron chi connectivity index (χ2n) is 15.3. The molecule has 3 heteroatoms. The van der Waals surface area contributed by atoms with Crippen LogP contribution in [0.15, 0.2) is 199 Å². The lowest BCUT2D eigenvalue weighted by Gasteiger charge is -2.36. The second-order valence-corrected chi connectivity index (χ2v) is 15.3. The Kier molecular flexibility index (Phi) is 7.84. The summed E-state index contributed by atoms with van der Waals surface area (Å²) in [6.07, 6.45) is 0. The van der Waals surface area contributed by atoms with Crippen LogP contribution in [0.1, 0.15) is 33.4 Å². The Balaban J connectivity index is 1.09. The van der Waals surface area contributed by atoms with Gasteiger partial charge in [-0.3, -0.25) is 0 Å². The van der Waals surface area contributed by atoms with Crippen LogP contribution in [0.25, 0.3) is 78.1 Å². The monoisotopic (exact) mass is 742 g/mol. The third-order valence-electron chi connectivity index (χ3n) is 12.2. The zero-order chi connectivity index (χ0) is 38.8. The number of benzene rings is 8. The third kappa shape index (κ3) is 5.13. The lowest BCUT2D eigenvalue weighted by Crippen LogP contribution is -2.30. The Morgan fingerprint density at radius 2 is 0.914 bits per heavy atom. The van der Waals surface area contributed by atoms with Crippen LogP contribution in [-0.2, 0) is 5.41 Å². The first-order chi connectivity index (χ1) is 28.6. The summed E-state index contributed by atoms with van der Waals surface area (Å²) in [4.78, 5) is 10.7. The predicted molar refractivity (Wildman–Crippen MR) is 238 cm³/mol. The van der Waals surface area contributed by atoms with Gasteiger partial charge in [0.2, 0.25) is 0 Å². The maximum absolute atomic E-state index is 6.40. The lowest BCUT2D eigenvalue weighted by atomic mass is 9.65. The SMILES string of the molecule is Cc1ccccc1C1(c2cccc(-c3nc(-c4ccccc4)cc(-c4ccc(-c5cccc6c5oc5ccccc56)cc4)n3)c2C)c2ccccc2-c2ccccc21. The molecule has 11 rings (SSSR count). The van der Waals surface area contributed by atoms with Crippen LogP contribution in [-0.4, -0.2) is 9.97 Å². The van der Waals surface area contributed by atoms with Crippen LogP contribution in [0.5, 0.6) is 0 Å². The Morgan fingerprint density at radius 1 is 0.397 bits per heavy atom. The highest BCUT2D eigenvalue weighted by atomic mass is 16.3. The van der Waals surface area contributed by atoms with Gasteiger partial charge in [0.1, 0.15) is 11.2 Å². The van der Waals surface area contributed by atoms with Crippen LogP contribution < -0.4 is 0 Å².